The normalized spacial score (nSPS) is 10.9. The molecule has 0 bridgehead atoms. The zero-order valence-electron chi connectivity index (χ0n) is 19.5. The zero-order valence-corrected chi connectivity index (χ0v) is 22.4. The number of hydrogen-bond acceptors (Lipinski definition) is 5. The third kappa shape index (κ3) is 6.99. The molecule has 0 atom stereocenters. The van der Waals surface area contributed by atoms with E-state index in [9.17, 15) is 14.9 Å². The van der Waals surface area contributed by atoms with Crippen molar-refractivity contribution in [2.24, 2.45) is 0 Å². The summed E-state index contributed by atoms with van der Waals surface area (Å²) >= 11 is 8.22. The highest BCUT2D eigenvalue weighted by molar-refractivity contribution is 14.1. The van der Waals surface area contributed by atoms with Crippen LogP contribution in [0.2, 0.25) is 5.02 Å². The molecule has 0 saturated carbocycles. The van der Waals surface area contributed by atoms with Crippen molar-refractivity contribution in [3.63, 3.8) is 0 Å². The topological polar surface area (TPSA) is 109 Å². The summed E-state index contributed by atoms with van der Waals surface area (Å²) in [6.07, 6.45) is 1.48. The average Bonchev–Trinajstić information content (AvgIpc) is 2.84. The van der Waals surface area contributed by atoms with E-state index >= 15 is 0 Å². The maximum absolute atomic E-state index is 12.7. The molecule has 0 heterocycles. The average molecular weight is 617 g/mol. The van der Waals surface area contributed by atoms with Gasteiger partial charge in [0, 0.05) is 10.7 Å². The van der Waals surface area contributed by atoms with Crippen molar-refractivity contribution in [2.75, 3.05) is 11.9 Å². The largest absolute Gasteiger partial charge is 0.490 e. The SMILES string of the molecule is CCOc1cc(/C=C(/C#N)C(=O)Nc2ccc(C)c(Cl)c2)cc(I)c1OCc1ccc(C(=O)O)cc1. The lowest BCUT2D eigenvalue weighted by Gasteiger charge is -2.15. The van der Waals surface area contributed by atoms with Crippen LogP contribution in [0.5, 0.6) is 11.5 Å². The molecule has 7 nitrogen and oxygen atoms in total. The van der Waals surface area contributed by atoms with Crippen LogP contribution in [-0.4, -0.2) is 23.6 Å². The first-order valence-corrected chi connectivity index (χ1v) is 12.3. The lowest BCUT2D eigenvalue weighted by Crippen LogP contribution is -2.13. The maximum atomic E-state index is 12.7. The second-order valence-electron chi connectivity index (χ2n) is 7.64. The summed E-state index contributed by atoms with van der Waals surface area (Å²) in [6, 6.07) is 16.9. The second kappa shape index (κ2) is 12.4. The van der Waals surface area contributed by atoms with Crippen LogP contribution in [0.4, 0.5) is 5.69 Å². The van der Waals surface area contributed by atoms with E-state index in [2.05, 4.69) is 27.9 Å². The monoisotopic (exact) mass is 616 g/mol. The highest BCUT2D eigenvalue weighted by atomic mass is 127. The molecule has 36 heavy (non-hydrogen) atoms. The van der Waals surface area contributed by atoms with Crippen LogP contribution < -0.4 is 14.8 Å². The van der Waals surface area contributed by atoms with Crippen molar-refractivity contribution in [2.45, 2.75) is 20.5 Å². The van der Waals surface area contributed by atoms with Crippen LogP contribution >= 0.6 is 34.2 Å². The molecule has 9 heteroatoms. The molecule has 0 radical (unpaired) electrons. The first-order valence-electron chi connectivity index (χ1n) is 10.8. The van der Waals surface area contributed by atoms with E-state index in [1.807, 2.05) is 19.9 Å². The van der Waals surface area contributed by atoms with Crippen LogP contribution in [0, 0.1) is 21.8 Å². The number of amides is 1. The van der Waals surface area contributed by atoms with E-state index in [1.54, 1.807) is 42.5 Å². The highest BCUT2D eigenvalue weighted by Crippen LogP contribution is 2.35. The number of rotatable bonds is 9. The molecule has 0 aliphatic heterocycles. The van der Waals surface area contributed by atoms with E-state index in [1.165, 1.54) is 18.2 Å². The summed E-state index contributed by atoms with van der Waals surface area (Å²) in [5.41, 5.74) is 2.86. The Morgan fingerprint density at radius 3 is 2.47 bits per heavy atom. The van der Waals surface area contributed by atoms with Crippen LogP contribution in [-0.2, 0) is 11.4 Å². The smallest absolute Gasteiger partial charge is 0.335 e. The molecule has 3 aromatic rings. The standard InChI is InChI=1S/C27H22ClIN2O5/c1-3-35-24-12-18(10-20(14-30)26(32)31-21-9-4-16(2)22(28)13-21)11-23(29)25(24)36-15-17-5-7-19(8-6-17)27(33)34/h4-13H,3,15H2,1-2H3,(H,31,32)(H,33,34)/b20-10-. The van der Waals surface area contributed by atoms with Crippen molar-refractivity contribution in [1.29, 1.82) is 5.26 Å². The van der Waals surface area contributed by atoms with Crippen molar-refractivity contribution >= 4 is 57.8 Å². The summed E-state index contributed by atoms with van der Waals surface area (Å²) in [7, 11) is 0. The number of carboxylic acid groups (broad SMARTS) is 1. The number of aryl methyl sites for hydroxylation is 1. The van der Waals surface area contributed by atoms with Crippen LogP contribution in [0.25, 0.3) is 6.08 Å². The van der Waals surface area contributed by atoms with E-state index in [-0.39, 0.29) is 17.7 Å². The molecule has 0 aromatic heterocycles. The number of nitrogens with one attached hydrogen (secondary N) is 1. The Bertz CT molecular complexity index is 1360. The Hall–Kier alpha value is -3.55. The molecular weight excluding hydrogens is 595 g/mol. The van der Waals surface area contributed by atoms with Gasteiger partial charge in [0.05, 0.1) is 15.7 Å². The fraction of sp³-hybridized carbons (Fsp3) is 0.148. The molecule has 184 valence electrons. The highest BCUT2D eigenvalue weighted by Gasteiger charge is 2.15. The lowest BCUT2D eigenvalue weighted by atomic mass is 10.1. The number of aromatic carboxylic acids is 1. The minimum atomic E-state index is -0.993. The quantitative estimate of drug-likeness (QED) is 0.162. The van der Waals surface area contributed by atoms with Crippen molar-refractivity contribution < 1.29 is 24.2 Å². The molecule has 3 aromatic carbocycles. The number of nitriles is 1. The van der Waals surface area contributed by atoms with Gasteiger partial charge < -0.3 is 19.9 Å². The van der Waals surface area contributed by atoms with Crippen molar-refractivity contribution in [3.8, 4) is 17.6 Å². The summed E-state index contributed by atoms with van der Waals surface area (Å²) in [6.45, 7) is 4.28. The second-order valence-corrected chi connectivity index (χ2v) is 9.21. The molecular formula is C27H22ClIN2O5. The fourth-order valence-corrected chi connectivity index (χ4v) is 4.12. The summed E-state index contributed by atoms with van der Waals surface area (Å²) < 4.78 is 12.5. The predicted molar refractivity (Wildman–Crippen MR) is 146 cm³/mol. The van der Waals surface area contributed by atoms with E-state index in [0.29, 0.717) is 34.4 Å². The van der Waals surface area contributed by atoms with Gasteiger partial charge in [-0.15, -0.1) is 0 Å². The summed E-state index contributed by atoms with van der Waals surface area (Å²) in [4.78, 5) is 23.7. The number of hydrogen-bond donors (Lipinski definition) is 2. The molecule has 3 rings (SSSR count). The van der Waals surface area contributed by atoms with Crippen LogP contribution in [0.3, 0.4) is 0 Å². The Labute approximate surface area is 227 Å². The summed E-state index contributed by atoms with van der Waals surface area (Å²) in [5, 5.41) is 21.8. The number of benzene rings is 3. The van der Waals surface area contributed by atoms with Gasteiger partial charge in [0.1, 0.15) is 18.2 Å². The number of ether oxygens (including phenoxy) is 2. The minimum absolute atomic E-state index is 0.0860. The van der Waals surface area contributed by atoms with Gasteiger partial charge in [-0.25, -0.2) is 4.79 Å². The molecule has 0 fully saturated rings. The van der Waals surface area contributed by atoms with Gasteiger partial charge in [0.15, 0.2) is 11.5 Å². The van der Waals surface area contributed by atoms with Gasteiger partial charge in [-0.1, -0.05) is 29.8 Å². The first kappa shape index (κ1) is 27.0. The Morgan fingerprint density at radius 2 is 1.86 bits per heavy atom. The van der Waals surface area contributed by atoms with Gasteiger partial charge in [-0.05, 0) is 95.6 Å². The number of carbonyl (C=O) groups is 2. The molecule has 0 aliphatic carbocycles. The molecule has 0 aliphatic rings. The zero-order chi connectivity index (χ0) is 26.2. The van der Waals surface area contributed by atoms with Crippen LogP contribution in [0.15, 0.2) is 60.2 Å². The predicted octanol–water partition coefficient (Wildman–Crippen LogP) is 6.47. The molecule has 0 saturated heterocycles. The van der Waals surface area contributed by atoms with Crippen LogP contribution in [0.1, 0.15) is 34.0 Å². The van der Waals surface area contributed by atoms with Crippen molar-refractivity contribution in [3.05, 3.63) is 91.0 Å². The lowest BCUT2D eigenvalue weighted by molar-refractivity contribution is -0.112. The third-order valence-corrected chi connectivity index (χ3v) is 6.23. The number of carbonyl (C=O) groups excluding carboxylic acids is 1. The van der Waals surface area contributed by atoms with Gasteiger partial charge in [0.25, 0.3) is 5.91 Å². The third-order valence-electron chi connectivity index (χ3n) is 5.02. The van der Waals surface area contributed by atoms with E-state index in [0.717, 1.165) is 14.7 Å². The molecule has 0 spiro atoms. The fourth-order valence-electron chi connectivity index (χ4n) is 3.16. The Morgan fingerprint density at radius 1 is 1.14 bits per heavy atom. The van der Waals surface area contributed by atoms with Gasteiger partial charge in [-0.3, -0.25) is 4.79 Å². The first-order chi connectivity index (χ1) is 17.2. The number of anilines is 1. The Kier molecular flexibility index (Phi) is 9.33. The molecule has 2 N–H and O–H groups in total. The summed E-state index contributed by atoms with van der Waals surface area (Å²) in [5.74, 6) is -0.585. The van der Waals surface area contributed by atoms with E-state index < -0.39 is 11.9 Å². The molecule has 0 unspecified atom stereocenters. The Balaban J connectivity index is 1.82. The van der Waals surface area contributed by atoms with Crippen molar-refractivity contribution in [1.82, 2.24) is 0 Å². The number of nitrogens with zero attached hydrogens (tertiary/aromatic N) is 1. The number of carboxylic acids is 1. The van der Waals surface area contributed by atoms with Gasteiger partial charge >= 0.3 is 5.97 Å². The van der Waals surface area contributed by atoms with E-state index in [4.69, 9.17) is 26.2 Å². The molecule has 1 amide bonds. The minimum Gasteiger partial charge on any atom is -0.490 e. The maximum Gasteiger partial charge on any atom is 0.335 e. The van der Waals surface area contributed by atoms with Gasteiger partial charge in [-0.2, -0.15) is 5.26 Å². The number of halogens is 2. The van der Waals surface area contributed by atoms with Gasteiger partial charge in [0.2, 0.25) is 0 Å².